The van der Waals surface area contributed by atoms with E-state index in [0.29, 0.717) is 12.5 Å². The Morgan fingerprint density at radius 3 is 2.73 bits per heavy atom. The molecular weight excluding hydrogens is 298 g/mol. The third kappa shape index (κ3) is 3.45. The molecule has 120 valence electrons. The molecule has 1 amide bonds. The maximum Gasteiger partial charge on any atom is 0.241 e. The Bertz CT molecular complexity index is 540. The van der Waals surface area contributed by atoms with Crippen molar-refractivity contribution in [1.82, 2.24) is 14.9 Å². The van der Waals surface area contributed by atoms with Gasteiger partial charge in [0.05, 0.1) is 6.54 Å². The molecule has 2 aliphatic heterocycles. The van der Waals surface area contributed by atoms with Gasteiger partial charge >= 0.3 is 0 Å². The van der Waals surface area contributed by atoms with Crippen molar-refractivity contribution in [2.24, 2.45) is 5.92 Å². The van der Waals surface area contributed by atoms with Gasteiger partial charge in [-0.1, -0.05) is 6.92 Å². The minimum Gasteiger partial charge on any atom is -0.355 e. The summed E-state index contributed by atoms with van der Waals surface area (Å²) in [5, 5.41) is 0. The summed E-state index contributed by atoms with van der Waals surface area (Å²) in [5.74, 6) is 4.99. The molecule has 0 saturated carbocycles. The number of piperazine rings is 1. The topological polar surface area (TPSA) is 52.6 Å². The fraction of sp³-hybridized carbons (Fsp3) is 0.667. The number of nitrogens with zero attached hydrogens (tertiary/aromatic N) is 5. The van der Waals surface area contributed by atoms with Crippen LogP contribution in [0.2, 0.25) is 0 Å². The number of carbonyl (C=O) groups is 1. The molecule has 0 N–H and O–H groups in total. The average molecular weight is 321 g/mol. The molecule has 0 aliphatic carbocycles. The van der Waals surface area contributed by atoms with Crippen LogP contribution >= 0.6 is 11.8 Å². The Morgan fingerprint density at radius 2 is 1.95 bits per heavy atom. The molecule has 2 saturated heterocycles. The first-order valence-corrected chi connectivity index (χ1v) is 8.92. The molecule has 0 aromatic carbocycles. The van der Waals surface area contributed by atoms with E-state index in [9.17, 15) is 4.79 Å². The first kappa shape index (κ1) is 15.4. The minimum absolute atomic E-state index is 0.145. The number of amides is 1. The molecule has 1 atom stereocenters. The number of hydrogen-bond acceptors (Lipinski definition) is 6. The Labute approximate surface area is 135 Å². The molecule has 1 aromatic heterocycles. The largest absolute Gasteiger partial charge is 0.355 e. The molecule has 2 aliphatic rings. The van der Waals surface area contributed by atoms with Gasteiger partial charge in [0.2, 0.25) is 5.91 Å². The van der Waals surface area contributed by atoms with Gasteiger partial charge in [-0.05, 0) is 11.7 Å². The molecule has 22 heavy (non-hydrogen) atoms. The van der Waals surface area contributed by atoms with Crippen LogP contribution < -0.4 is 9.80 Å². The predicted octanol–water partition coefficient (Wildman–Crippen LogP) is 0.944. The van der Waals surface area contributed by atoms with E-state index in [1.807, 2.05) is 29.8 Å². The molecule has 6 nitrogen and oxygen atoms in total. The second-order valence-corrected chi connectivity index (χ2v) is 7.25. The Balaban J connectivity index is 1.76. The third-order valence-corrected chi connectivity index (χ3v) is 5.46. The van der Waals surface area contributed by atoms with E-state index < -0.39 is 0 Å². The smallest absolute Gasteiger partial charge is 0.241 e. The van der Waals surface area contributed by atoms with Crippen LogP contribution in [0.25, 0.3) is 0 Å². The van der Waals surface area contributed by atoms with Crippen molar-refractivity contribution in [3.05, 3.63) is 12.4 Å². The van der Waals surface area contributed by atoms with Crippen LogP contribution in [0.4, 0.5) is 11.6 Å². The summed E-state index contributed by atoms with van der Waals surface area (Å²) in [6.07, 6.45) is 1.62. The van der Waals surface area contributed by atoms with Gasteiger partial charge in [-0.15, -0.1) is 0 Å². The average Bonchev–Trinajstić information content (AvgIpc) is 2.75. The van der Waals surface area contributed by atoms with E-state index in [-0.39, 0.29) is 5.91 Å². The van der Waals surface area contributed by atoms with Gasteiger partial charge in [-0.25, -0.2) is 9.97 Å². The lowest BCUT2D eigenvalue weighted by molar-refractivity contribution is -0.129. The predicted molar refractivity (Wildman–Crippen MR) is 90.6 cm³/mol. The number of rotatable bonds is 2. The zero-order valence-electron chi connectivity index (χ0n) is 13.2. The van der Waals surface area contributed by atoms with Crippen molar-refractivity contribution in [2.75, 3.05) is 61.1 Å². The fourth-order valence-corrected chi connectivity index (χ4v) is 3.85. The van der Waals surface area contributed by atoms with Crippen LogP contribution in [0.5, 0.6) is 0 Å². The molecule has 0 radical (unpaired) electrons. The van der Waals surface area contributed by atoms with Crippen molar-refractivity contribution >= 4 is 29.3 Å². The van der Waals surface area contributed by atoms with Crippen LogP contribution in [0, 0.1) is 5.92 Å². The number of aromatic nitrogens is 2. The highest BCUT2D eigenvalue weighted by atomic mass is 32.2. The van der Waals surface area contributed by atoms with Crippen LogP contribution in [-0.2, 0) is 4.79 Å². The highest BCUT2D eigenvalue weighted by Crippen LogP contribution is 2.23. The number of carbonyl (C=O) groups excluding carboxylic acids is 1. The van der Waals surface area contributed by atoms with Crippen molar-refractivity contribution in [1.29, 1.82) is 0 Å². The van der Waals surface area contributed by atoms with Gasteiger partial charge in [-0.2, -0.15) is 11.8 Å². The maximum absolute atomic E-state index is 11.9. The van der Waals surface area contributed by atoms with Gasteiger partial charge in [-0.3, -0.25) is 4.79 Å². The molecule has 3 heterocycles. The summed E-state index contributed by atoms with van der Waals surface area (Å²) in [5.41, 5.74) is 0. The van der Waals surface area contributed by atoms with Crippen LogP contribution in [0.3, 0.4) is 0 Å². The number of anilines is 2. The van der Waals surface area contributed by atoms with Gasteiger partial charge in [0.1, 0.15) is 18.0 Å². The number of thioether (sulfide) groups is 1. The van der Waals surface area contributed by atoms with E-state index in [1.165, 1.54) is 5.75 Å². The third-order valence-electron chi connectivity index (χ3n) is 4.18. The standard InChI is InChI=1S/C15H23N5OS/c1-12-8-20(5-6-22-10-12)14-7-13(16-11-17-14)19-4-3-18(2)15(21)9-19/h7,11-12H,3-6,8-10H2,1-2H3. The highest BCUT2D eigenvalue weighted by Gasteiger charge is 2.23. The second kappa shape index (κ2) is 6.73. The number of likely N-dealkylation sites (N-methyl/N-ethyl adjacent to an activating group) is 1. The summed E-state index contributed by atoms with van der Waals surface area (Å²) in [6, 6.07) is 2.03. The summed E-state index contributed by atoms with van der Waals surface area (Å²) < 4.78 is 0. The summed E-state index contributed by atoms with van der Waals surface area (Å²) >= 11 is 2.01. The van der Waals surface area contributed by atoms with E-state index in [1.54, 1.807) is 11.2 Å². The first-order valence-electron chi connectivity index (χ1n) is 7.77. The van der Waals surface area contributed by atoms with E-state index >= 15 is 0 Å². The highest BCUT2D eigenvalue weighted by molar-refractivity contribution is 7.99. The first-order chi connectivity index (χ1) is 10.6. The molecule has 1 unspecified atom stereocenters. The Kier molecular flexibility index (Phi) is 4.71. The molecule has 7 heteroatoms. The monoisotopic (exact) mass is 321 g/mol. The molecule has 3 rings (SSSR count). The fourth-order valence-electron chi connectivity index (χ4n) is 2.82. The van der Waals surface area contributed by atoms with Gasteiger partial charge in [0.25, 0.3) is 0 Å². The zero-order chi connectivity index (χ0) is 15.5. The summed E-state index contributed by atoms with van der Waals surface area (Å²) in [7, 11) is 1.85. The molecule has 0 spiro atoms. The van der Waals surface area contributed by atoms with E-state index in [4.69, 9.17) is 0 Å². The molecular formula is C15H23N5OS. The Morgan fingerprint density at radius 1 is 1.18 bits per heavy atom. The second-order valence-electron chi connectivity index (χ2n) is 6.10. The molecule has 1 aromatic rings. The summed E-state index contributed by atoms with van der Waals surface area (Å²) in [6.45, 7) is 6.31. The lowest BCUT2D eigenvalue weighted by atomic mass is 10.2. The van der Waals surface area contributed by atoms with E-state index in [2.05, 4.69) is 21.8 Å². The van der Waals surface area contributed by atoms with Crippen molar-refractivity contribution < 1.29 is 4.79 Å². The van der Waals surface area contributed by atoms with Gasteiger partial charge in [0, 0.05) is 45.0 Å². The van der Waals surface area contributed by atoms with Crippen molar-refractivity contribution in [3.63, 3.8) is 0 Å². The number of hydrogen-bond donors (Lipinski definition) is 0. The minimum atomic E-state index is 0.145. The molecule has 0 bridgehead atoms. The van der Waals surface area contributed by atoms with Crippen molar-refractivity contribution in [3.8, 4) is 0 Å². The van der Waals surface area contributed by atoms with Crippen LogP contribution in [-0.4, -0.2) is 72.1 Å². The van der Waals surface area contributed by atoms with Crippen LogP contribution in [0.1, 0.15) is 6.92 Å². The normalized spacial score (nSPS) is 23.6. The SMILES string of the molecule is CC1CSCCN(c2cc(N3CCN(C)C(=O)C3)ncn2)C1. The lowest BCUT2D eigenvalue weighted by Crippen LogP contribution is -2.48. The van der Waals surface area contributed by atoms with Crippen LogP contribution in [0.15, 0.2) is 12.4 Å². The van der Waals surface area contributed by atoms with Gasteiger partial charge in [0.15, 0.2) is 0 Å². The van der Waals surface area contributed by atoms with Crippen molar-refractivity contribution in [2.45, 2.75) is 6.92 Å². The zero-order valence-corrected chi connectivity index (χ0v) is 14.1. The lowest BCUT2D eigenvalue weighted by Gasteiger charge is -2.33. The van der Waals surface area contributed by atoms with E-state index in [0.717, 1.165) is 43.6 Å². The summed E-state index contributed by atoms with van der Waals surface area (Å²) in [4.78, 5) is 26.9. The molecule has 2 fully saturated rings. The Hall–Kier alpha value is -1.50. The quantitative estimate of drug-likeness (QED) is 0.808. The van der Waals surface area contributed by atoms with Gasteiger partial charge < -0.3 is 14.7 Å². The maximum atomic E-state index is 11.9.